The zero-order valence-electron chi connectivity index (χ0n) is 11.9. The van der Waals surface area contributed by atoms with Gasteiger partial charge in [0.05, 0.1) is 0 Å². The molecule has 0 radical (unpaired) electrons. The van der Waals surface area contributed by atoms with Crippen LogP contribution in [0.3, 0.4) is 0 Å². The summed E-state index contributed by atoms with van der Waals surface area (Å²) in [6.45, 7) is 10.0. The van der Waals surface area contributed by atoms with Crippen molar-refractivity contribution in [3.05, 3.63) is 28.8 Å². The average Bonchev–Trinajstić information content (AvgIpc) is 2.42. The summed E-state index contributed by atoms with van der Waals surface area (Å²) in [6, 6.07) is 6.50. The van der Waals surface area contributed by atoms with E-state index in [0.29, 0.717) is 6.04 Å². The molecule has 1 heterocycles. The van der Waals surface area contributed by atoms with E-state index in [1.165, 1.54) is 12.0 Å². The molecule has 1 aliphatic heterocycles. The molecule has 1 aromatic rings. The molecule has 2 N–H and O–H groups in total. The summed E-state index contributed by atoms with van der Waals surface area (Å²) >= 11 is 6.23. The van der Waals surface area contributed by atoms with E-state index in [0.717, 1.165) is 43.4 Å². The Morgan fingerprint density at radius 1 is 1.26 bits per heavy atom. The highest BCUT2D eigenvalue weighted by Crippen LogP contribution is 2.21. The molecule has 0 spiro atoms. The van der Waals surface area contributed by atoms with E-state index in [4.69, 9.17) is 17.3 Å². The van der Waals surface area contributed by atoms with Gasteiger partial charge in [-0.2, -0.15) is 0 Å². The fourth-order valence-corrected chi connectivity index (χ4v) is 2.80. The highest BCUT2D eigenvalue weighted by Gasteiger charge is 2.20. The van der Waals surface area contributed by atoms with Gasteiger partial charge in [0.1, 0.15) is 0 Å². The molecule has 1 aliphatic rings. The van der Waals surface area contributed by atoms with Crippen LogP contribution in [-0.4, -0.2) is 42.0 Å². The van der Waals surface area contributed by atoms with Crippen molar-refractivity contribution in [2.45, 2.75) is 32.9 Å². The molecule has 1 saturated heterocycles. The number of halogens is 1. The normalized spacial score (nSPS) is 19.5. The Kier molecular flexibility index (Phi) is 5.08. The molecule has 0 saturated carbocycles. The third-order valence-electron chi connectivity index (χ3n) is 4.09. The Morgan fingerprint density at radius 3 is 2.53 bits per heavy atom. The number of hydrogen-bond donors (Lipinski definition) is 1. The zero-order valence-corrected chi connectivity index (χ0v) is 12.7. The van der Waals surface area contributed by atoms with Gasteiger partial charge in [-0.1, -0.05) is 24.6 Å². The molecule has 1 aromatic carbocycles. The lowest BCUT2D eigenvalue weighted by Crippen LogP contribution is -2.49. The van der Waals surface area contributed by atoms with Gasteiger partial charge in [0.25, 0.3) is 0 Å². The standard InChI is InChI=1S/C15H24ClN3/c1-3-12(2)19-8-6-18(7-9-19)11-13-4-5-14(17)10-15(13)16/h4-5,10,12H,3,6-9,11,17H2,1-2H3. The van der Waals surface area contributed by atoms with Crippen molar-refractivity contribution in [3.8, 4) is 0 Å². The van der Waals surface area contributed by atoms with Crippen molar-refractivity contribution in [1.82, 2.24) is 9.80 Å². The minimum atomic E-state index is 0.697. The van der Waals surface area contributed by atoms with Crippen molar-refractivity contribution in [1.29, 1.82) is 0 Å². The molecule has 0 bridgehead atoms. The van der Waals surface area contributed by atoms with E-state index < -0.39 is 0 Å². The summed E-state index contributed by atoms with van der Waals surface area (Å²) in [4.78, 5) is 5.04. The summed E-state index contributed by atoms with van der Waals surface area (Å²) in [5.74, 6) is 0. The molecular weight excluding hydrogens is 258 g/mol. The molecule has 0 aromatic heterocycles. The van der Waals surface area contributed by atoms with Crippen molar-refractivity contribution in [2.75, 3.05) is 31.9 Å². The number of hydrogen-bond acceptors (Lipinski definition) is 3. The zero-order chi connectivity index (χ0) is 13.8. The molecule has 3 nitrogen and oxygen atoms in total. The van der Waals surface area contributed by atoms with E-state index in [1.807, 2.05) is 18.2 Å². The Balaban J connectivity index is 1.88. The van der Waals surface area contributed by atoms with Crippen LogP contribution in [0, 0.1) is 0 Å². The van der Waals surface area contributed by atoms with Crippen LogP contribution in [0.5, 0.6) is 0 Å². The van der Waals surface area contributed by atoms with Gasteiger partial charge < -0.3 is 5.73 Å². The van der Waals surface area contributed by atoms with Gasteiger partial charge in [-0.15, -0.1) is 0 Å². The van der Waals surface area contributed by atoms with Crippen LogP contribution in [0.1, 0.15) is 25.8 Å². The van der Waals surface area contributed by atoms with Crippen LogP contribution in [0.25, 0.3) is 0 Å². The first-order valence-electron chi connectivity index (χ1n) is 7.10. The topological polar surface area (TPSA) is 32.5 Å². The van der Waals surface area contributed by atoms with E-state index in [-0.39, 0.29) is 0 Å². The molecule has 4 heteroatoms. The van der Waals surface area contributed by atoms with E-state index in [9.17, 15) is 0 Å². The smallest absolute Gasteiger partial charge is 0.0471 e. The molecule has 1 atom stereocenters. The van der Waals surface area contributed by atoms with Gasteiger partial charge in [-0.25, -0.2) is 0 Å². The number of nitrogen functional groups attached to an aromatic ring is 1. The van der Waals surface area contributed by atoms with Crippen LogP contribution < -0.4 is 5.73 Å². The maximum absolute atomic E-state index is 6.23. The molecule has 106 valence electrons. The fourth-order valence-electron chi connectivity index (χ4n) is 2.55. The molecule has 2 rings (SSSR count). The summed E-state index contributed by atoms with van der Waals surface area (Å²) in [5.41, 5.74) is 7.63. The Hall–Kier alpha value is -0.770. The predicted molar refractivity (Wildman–Crippen MR) is 82.5 cm³/mol. The SMILES string of the molecule is CCC(C)N1CCN(Cc2ccc(N)cc2Cl)CC1. The summed E-state index contributed by atoms with van der Waals surface area (Å²) < 4.78 is 0. The van der Waals surface area contributed by atoms with Gasteiger partial charge in [0.15, 0.2) is 0 Å². The first kappa shape index (κ1) is 14.6. The highest BCUT2D eigenvalue weighted by atomic mass is 35.5. The maximum atomic E-state index is 6.23. The Morgan fingerprint density at radius 2 is 1.95 bits per heavy atom. The average molecular weight is 282 g/mol. The molecule has 0 aliphatic carbocycles. The quantitative estimate of drug-likeness (QED) is 0.862. The van der Waals surface area contributed by atoms with E-state index in [2.05, 4.69) is 23.6 Å². The van der Waals surface area contributed by atoms with Crippen LogP contribution in [-0.2, 0) is 6.54 Å². The molecular formula is C15H24ClN3. The lowest BCUT2D eigenvalue weighted by molar-refractivity contribution is 0.0964. The van der Waals surface area contributed by atoms with Crippen LogP contribution in [0.4, 0.5) is 5.69 Å². The van der Waals surface area contributed by atoms with Crippen LogP contribution >= 0.6 is 11.6 Å². The first-order valence-corrected chi connectivity index (χ1v) is 7.48. The summed E-state index contributed by atoms with van der Waals surface area (Å²) in [7, 11) is 0. The third-order valence-corrected chi connectivity index (χ3v) is 4.44. The van der Waals surface area contributed by atoms with E-state index in [1.54, 1.807) is 0 Å². The van der Waals surface area contributed by atoms with Crippen LogP contribution in [0.15, 0.2) is 18.2 Å². The van der Waals surface area contributed by atoms with Gasteiger partial charge in [-0.3, -0.25) is 9.80 Å². The van der Waals surface area contributed by atoms with Crippen molar-refractivity contribution in [3.63, 3.8) is 0 Å². The first-order chi connectivity index (χ1) is 9.10. The molecule has 0 amide bonds. The Bertz CT molecular complexity index is 414. The lowest BCUT2D eigenvalue weighted by Gasteiger charge is -2.38. The number of nitrogens with two attached hydrogens (primary N) is 1. The summed E-state index contributed by atoms with van der Waals surface area (Å²) in [6.07, 6.45) is 1.23. The second-order valence-corrected chi connectivity index (χ2v) is 5.83. The van der Waals surface area contributed by atoms with Crippen molar-refractivity contribution < 1.29 is 0 Å². The van der Waals surface area contributed by atoms with Gasteiger partial charge in [-0.05, 0) is 31.0 Å². The van der Waals surface area contributed by atoms with Gasteiger partial charge in [0, 0.05) is 49.5 Å². The second kappa shape index (κ2) is 6.60. The maximum Gasteiger partial charge on any atom is 0.0471 e. The van der Waals surface area contributed by atoms with E-state index >= 15 is 0 Å². The monoisotopic (exact) mass is 281 g/mol. The minimum absolute atomic E-state index is 0.697. The largest absolute Gasteiger partial charge is 0.399 e. The lowest BCUT2D eigenvalue weighted by atomic mass is 10.1. The highest BCUT2D eigenvalue weighted by molar-refractivity contribution is 6.31. The molecule has 1 unspecified atom stereocenters. The van der Waals surface area contributed by atoms with Gasteiger partial charge in [0.2, 0.25) is 0 Å². The number of piperazine rings is 1. The van der Waals surface area contributed by atoms with Gasteiger partial charge >= 0.3 is 0 Å². The fraction of sp³-hybridized carbons (Fsp3) is 0.600. The Labute approximate surface area is 121 Å². The summed E-state index contributed by atoms with van der Waals surface area (Å²) in [5, 5.41) is 0.782. The molecule has 19 heavy (non-hydrogen) atoms. The molecule has 1 fully saturated rings. The number of benzene rings is 1. The van der Waals surface area contributed by atoms with Crippen molar-refractivity contribution in [2.24, 2.45) is 0 Å². The minimum Gasteiger partial charge on any atom is -0.399 e. The third kappa shape index (κ3) is 3.85. The van der Waals surface area contributed by atoms with Crippen molar-refractivity contribution >= 4 is 17.3 Å². The number of rotatable bonds is 4. The van der Waals surface area contributed by atoms with Crippen LogP contribution in [0.2, 0.25) is 5.02 Å². The predicted octanol–water partition coefficient (Wildman–Crippen LogP) is 2.84. The number of anilines is 1. The number of nitrogens with zero attached hydrogens (tertiary/aromatic N) is 2. The second-order valence-electron chi connectivity index (χ2n) is 5.42.